The van der Waals surface area contributed by atoms with Gasteiger partial charge in [-0.05, 0) is 37.0 Å². The number of hydrogen-bond donors (Lipinski definition) is 3. The third-order valence-electron chi connectivity index (χ3n) is 5.55. The number of carbonyl (C=O) groups excluding carboxylic acids is 2. The number of amidine groups is 1. The van der Waals surface area contributed by atoms with Gasteiger partial charge in [-0.25, -0.2) is 9.18 Å². The van der Waals surface area contributed by atoms with Crippen molar-refractivity contribution in [3.05, 3.63) is 24.0 Å². The van der Waals surface area contributed by atoms with Crippen molar-refractivity contribution >= 4 is 40.3 Å². The van der Waals surface area contributed by atoms with Crippen molar-refractivity contribution in [2.24, 2.45) is 16.8 Å². The number of nitrogens with zero attached hydrogens (tertiary/aromatic N) is 3. The van der Waals surface area contributed by atoms with Crippen LogP contribution in [0.5, 0.6) is 0 Å². The molecule has 2 atom stereocenters. The fourth-order valence-corrected chi connectivity index (χ4v) is 4.91. The predicted molar refractivity (Wildman–Crippen MR) is 114 cm³/mol. The van der Waals surface area contributed by atoms with Gasteiger partial charge in [0.1, 0.15) is 11.9 Å². The first-order valence-corrected chi connectivity index (χ1v) is 10.8. The van der Waals surface area contributed by atoms with Gasteiger partial charge in [0.05, 0.1) is 29.8 Å². The quantitative estimate of drug-likeness (QED) is 0.640. The molecule has 9 nitrogen and oxygen atoms in total. The molecule has 3 heterocycles. The van der Waals surface area contributed by atoms with Crippen LogP contribution in [0.1, 0.15) is 19.8 Å². The minimum Gasteiger partial charge on any atom is -0.442 e. The van der Waals surface area contributed by atoms with E-state index in [1.165, 1.54) is 17.9 Å². The largest absolute Gasteiger partial charge is 0.442 e. The summed E-state index contributed by atoms with van der Waals surface area (Å²) in [4.78, 5) is 26.6. The van der Waals surface area contributed by atoms with Crippen LogP contribution in [-0.2, 0) is 9.53 Å². The molecule has 3 aliphatic rings. The monoisotopic (exact) mass is 436 g/mol. The average molecular weight is 437 g/mol. The highest BCUT2D eigenvalue weighted by Crippen LogP contribution is 2.34. The van der Waals surface area contributed by atoms with Crippen molar-refractivity contribution in [3.63, 3.8) is 0 Å². The number of cyclic esters (lactones) is 1. The number of benzene rings is 1. The average Bonchev–Trinajstić information content (AvgIpc) is 3.32. The van der Waals surface area contributed by atoms with Gasteiger partial charge in [-0.1, -0.05) is 11.8 Å². The van der Waals surface area contributed by atoms with Crippen LogP contribution in [0.15, 0.2) is 23.3 Å². The summed E-state index contributed by atoms with van der Waals surface area (Å²) >= 11 is 1.55. The molecule has 0 bridgehead atoms. The Labute approximate surface area is 178 Å². The van der Waals surface area contributed by atoms with Crippen molar-refractivity contribution < 1.29 is 18.7 Å². The second-order valence-corrected chi connectivity index (χ2v) is 8.79. The number of hydrogen-bond acceptors (Lipinski definition) is 8. The number of hydrazone groups is 1. The molecule has 162 valence electrons. The number of carbonyl (C=O) groups is 2. The summed E-state index contributed by atoms with van der Waals surface area (Å²) in [7, 11) is 0. The van der Waals surface area contributed by atoms with Gasteiger partial charge in [0.25, 0.3) is 0 Å². The molecule has 2 fully saturated rings. The third kappa shape index (κ3) is 4.40. The van der Waals surface area contributed by atoms with E-state index in [1.54, 1.807) is 23.9 Å². The van der Waals surface area contributed by atoms with E-state index in [1.807, 2.05) is 4.90 Å². The highest BCUT2D eigenvalue weighted by atomic mass is 32.2. The first-order valence-electron chi connectivity index (χ1n) is 9.93. The molecule has 0 aliphatic carbocycles. The zero-order chi connectivity index (χ0) is 21.3. The van der Waals surface area contributed by atoms with Crippen molar-refractivity contribution in [2.75, 3.05) is 36.0 Å². The lowest BCUT2D eigenvalue weighted by Gasteiger charge is -2.35. The van der Waals surface area contributed by atoms with E-state index in [0.29, 0.717) is 22.5 Å². The van der Waals surface area contributed by atoms with Crippen LogP contribution in [-0.4, -0.2) is 54.8 Å². The van der Waals surface area contributed by atoms with Gasteiger partial charge in [-0.3, -0.25) is 15.1 Å². The maximum absolute atomic E-state index is 14.9. The number of ether oxygens (including phenoxy) is 1. The zero-order valence-electron chi connectivity index (χ0n) is 16.6. The molecule has 4 N–H and O–H groups in total. The predicted octanol–water partition coefficient (Wildman–Crippen LogP) is 1.40. The maximum atomic E-state index is 14.9. The van der Waals surface area contributed by atoms with Gasteiger partial charge < -0.3 is 20.7 Å². The van der Waals surface area contributed by atoms with Crippen LogP contribution in [0, 0.1) is 11.7 Å². The number of amides is 2. The Kier molecular flexibility index (Phi) is 5.89. The molecule has 2 amide bonds. The van der Waals surface area contributed by atoms with Crippen LogP contribution < -0.4 is 26.3 Å². The summed E-state index contributed by atoms with van der Waals surface area (Å²) in [6, 6.07) is 4.81. The van der Waals surface area contributed by atoms with E-state index in [2.05, 4.69) is 15.8 Å². The lowest BCUT2D eigenvalue weighted by atomic mass is 9.96. The highest BCUT2D eigenvalue weighted by Gasteiger charge is 2.34. The fraction of sp³-hybridized carbons (Fsp3) is 0.526. The Balaban J connectivity index is 1.36. The van der Waals surface area contributed by atoms with Crippen LogP contribution in [0.2, 0.25) is 0 Å². The number of thioether (sulfide) groups is 1. The SMILES string of the molecule is CC(=O)NCC1CN(c2ccc(N3CCC([C@H]4NN=C(N)S4)CC3)c(F)c2)C(=O)O1. The summed E-state index contributed by atoms with van der Waals surface area (Å²) in [5.74, 6) is -0.134. The van der Waals surface area contributed by atoms with Gasteiger partial charge in [0.15, 0.2) is 5.17 Å². The molecule has 0 aromatic heterocycles. The normalized spacial score (nSPS) is 24.5. The van der Waals surface area contributed by atoms with E-state index in [0.717, 1.165) is 25.9 Å². The van der Waals surface area contributed by atoms with Gasteiger partial charge in [-0.15, -0.1) is 0 Å². The summed E-state index contributed by atoms with van der Waals surface area (Å²) < 4.78 is 20.1. The number of rotatable bonds is 5. The van der Waals surface area contributed by atoms with Crippen molar-refractivity contribution in [2.45, 2.75) is 31.2 Å². The Morgan fingerprint density at radius 1 is 1.43 bits per heavy atom. The van der Waals surface area contributed by atoms with Gasteiger partial charge in [0, 0.05) is 20.0 Å². The van der Waals surface area contributed by atoms with Crippen molar-refractivity contribution in [3.8, 4) is 0 Å². The van der Waals surface area contributed by atoms with E-state index in [4.69, 9.17) is 10.5 Å². The molecule has 30 heavy (non-hydrogen) atoms. The second-order valence-electron chi connectivity index (χ2n) is 7.63. The number of nitrogens with two attached hydrogens (primary N) is 1. The molecule has 1 aromatic carbocycles. The topological polar surface area (TPSA) is 112 Å². The number of anilines is 2. The molecular formula is C19H25FN6O3S. The summed E-state index contributed by atoms with van der Waals surface area (Å²) in [5, 5.41) is 7.40. The van der Waals surface area contributed by atoms with E-state index >= 15 is 0 Å². The molecule has 3 aliphatic heterocycles. The number of halogens is 1. The molecule has 0 spiro atoms. The summed E-state index contributed by atoms with van der Waals surface area (Å²) in [6.45, 7) is 3.38. The first-order chi connectivity index (χ1) is 14.4. The van der Waals surface area contributed by atoms with Crippen molar-refractivity contribution in [1.29, 1.82) is 0 Å². The van der Waals surface area contributed by atoms with Gasteiger partial charge in [-0.2, -0.15) is 5.10 Å². The molecular weight excluding hydrogens is 411 g/mol. The lowest BCUT2D eigenvalue weighted by Crippen LogP contribution is -2.40. The molecule has 11 heteroatoms. The van der Waals surface area contributed by atoms with E-state index in [-0.39, 0.29) is 30.2 Å². The fourth-order valence-electron chi connectivity index (χ4n) is 3.97. The van der Waals surface area contributed by atoms with E-state index < -0.39 is 12.2 Å². The maximum Gasteiger partial charge on any atom is 0.414 e. The van der Waals surface area contributed by atoms with E-state index in [9.17, 15) is 14.0 Å². The highest BCUT2D eigenvalue weighted by molar-refractivity contribution is 8.14. The van der Waals surface area contributed by atoms with Gasteiger partial charge >= 0.3 is 6.09 Å². The Hall–Kier alpha value is -2.69. The molecule has 2 saturated heterocycles. The van der Waals surface area contributed by atoms with Crippen LogP contribution in [0.25, 0.3) is 0 Å². The molecule has 1 aromatic rings. The van der Waals surface area contributed by atoms with Crippen molar-refractivity contribution in [1.82, 2.24) is 10.7 Å². The second kappa shape index (κ2) is 8.58. The Bertz CT molecular complexity index is 861. The summed E-state index contributed by atoms with van der Waals surface area (Å²) in [6.07, 6.45) is 0.834. The molecule has 0 radical (unpaired) electrons. The van der Waals surface area contributed by atoms with Crippen LogP contribution in [0.3, 0.4) is 0 Å². The van der Waals surface area contributed by atoms with Crippen LogP contribution >= 0.6 is 11.8 Å². The minimum absolute atomic E-state index is 0.186. The Morgan fingerprint density at radius 3 is 2.83 bits per heavy atom. The standard InChI is InChI=1S/C19H25FN6O3S/c1-11(27)22-9-14-10-26(19(28)29-14)13-2-3-16(15(20)8-13)25-6-4-12(5-7-25)17-23-24-18(21)30-17/h2-3,8,12,14,17,23H,4-7,9-10H2,1H3,(H2,21,24)(H,22,27)/t14?,17-/m0/s1. The summed E-state index contributed by atoms with van der Waals surface area (Å²) in [5.41, 5.74) is 9.76. The first kappa shape index (κ1) is 20.6. The molecule has 1 unspecified atom stereocenters. The smallest absolute Gasteiger partial charge is 0.414 e. The molecule has 4 rings (SSSR count). The minimum atomic E-state index is -0.540. The Morgan fingerprint density at radius 2 is 2.20 bits per heavy atom. The zero-order valence-corrected chi connectivity index (χ0v) is 17.5. The third-order valence-corrected chi connectivity index (χ3v) is 6.63. The van der Waals surface area contributed by atoms with Gasteiger partial charge in [0.2, 0.25) is 5.91 Å². The van der Waals surface area contributed by atoms with Crippen LogP contribution in [0.4, 0.5) is 20.6 Å². The molecule has 0 saturated carbocycles. The number of nitrogens with one attached hydrogen (secondary N) is 2. The number of piperidine rings is 1. The lowest BCUT2D eigenvalue weighted by molar-refractivity contribution is -0.119.